The van der Waals surface area contributed by atoms with Crippen molar-refractivity contribution < 1.29 is 50.2 Å². The molecule has 2 atom stereocenters. The van der Waals surface area contributed by atoms with Gasteiger partial charge in [0.2, 0.25) is 0 Å². The Hall–Kier alpha value is -2.79. The fourth-order valence-corrected chi connectivity index (χ4v) is 3.48. The fraction of sp³-hybridized carbons (Fsp3) is 0.571. The summed E-state index contributed by atoms with van der Waals surface area (Å²) in [7, 11) is 2.09. The van der Waals surface area contributed by atoms with Crippen molar-refractivity contribution in [3.8, 4) is 0 Å². The molecule has 1 rings (SSSR count). The Bertz CT molecular complexity index is 804. The SMILES string of the molecule is CCC[C@H](C(C(=O)OC)C(=O)OC)[C@H](CC)NC(=O)c1cc(C(F)(F)F)cc(C(F)(F)F)c1. The lowest BCUT2D eigenvalue weighted by Crippen LogP contribution is -2.47. The molecule has 0 saturated heterocycles. The molecule has 0 fully saturated rings. The number of amides is 1. The number of carbonyl (C=O) groups is 3. The molecule has 1 amide bonds. The van der Waals surface area contributed by atoms with Crippen molar-refractivity contribution in [1.82, 2.24) is 5.32 Å². The van der Waals surface area contributed by atoms with Gasteiger partial charge in [-0.05, 0) is 31.0 Å². The van der Waals surface area contributed by atoms with E-state index in [0.29, 0.717) is 18.6 Å². The maximum absolute atomic E-state index is 13.1. The highest BCUT2D eigenvalue weighted by Gasteiger charge is 2.41. The van der Waals surface area contributed by atoms with Crippen molar-refractivity contribution in [3.05, 3.63) is 34.9 Å². The number of hydrogen-bond donors (Lipinski definition) is 1. The van der Waals surface area contributed by atoms with Crippen LogP contribution in [0.1, 0.15) is 54.6 Å². The van der Waals surface area contributed by atoms with Crippen molar-refractivity contribution in [2.24, 2.45) is 11.8 Å². The Morgan fingerprint density at radius 2 is 1.33 bits per heavy atom. The van der Waals surface area contributed by atoms with E-state index in [1.807, 2.05) is 0 Å². The minimum absolute atomic E-state index is 0.0848. The van der Waals surface area contributed by atoms with E-state index in [9.17, 15) is 40.7 Å². The normalized spacial score (nSPS) is 13.9. The zero-order valence-corrected chi connectivity index (χ0v) is 18.4. The van der Waals surface area contributed by atoms with Crippen LogP contribution in [-0.2, 0) is 31.4 Å². The molecule has 12 heteroatoms. The van der Waals surface area contributed by atoms with Crippen LogP contribution < -0.4 is 5.32 Å². The van der Waals surface area contributed by atoms with E-state index in [1.165, 1.54) is 0 Å². The predicted molar refractivity (Wildman–Crippen MR) is 104 cm³/mol. The van der Waals surface area contributed by atoms with Gasteiger partial charge in [0.1, 0.15) is 0 Å². The van der Waals surface area contributed by atoms with E-state index in [2.05, 4.69) is 14.8 Å². The molecule has 0 radical (unpaired) electrons. The molecule has 0 aliphatic heterocycles. The summed E-state index contributed by atoms with van der Waals surface area (Å²) in [5.41, 5.74) is -4.14. The van der Waals surface area contributed by atoms with Crippen LogP contribution in [0, 0.1) is 11.8 Å². The molecule has 0 unspecified atom stereocenters. The Morgan fingerprint density at radius 3 is 1.67 bits per heavy atom. The van der Waals surface area contributed by atoms with Crippen LogP contribution in [0.3, 0.4) is 0 Å². The summed E-state index contributed by atoms with van der Waals surface area (Å²) < 4.78 is 88.0. The van der Waals surface area contributed by atoms with Gasteiger partial charge in [-0.1, -0.05) is 20.3 Å². The number of hydrogen-bond acceptors (Lipinski definition) is 5. The van der Waals surface area contributed by atoms with Crippen LogP contribution in [0.25, 0.3) is 0 Å². The summed E-state index contributed by atoms with van der Waals surface area (Å²) in [5, 5.41) is 2.37. The molecule has 0 spiro atoms. The highest BCUT2D eigenvalue weighted by atomic mass is 19.4. The summed E-state index contributed by atoms with van der Waals surface area (Å²) in [6, 6.07) is -0.419. The summed E-state index contributed by atoms with van der Waals surface area (Å²) >= 11 is 0. The highest BCUT2D eigenvalue weighted by molar-refractivity contribution is 5.96. The summed E-state index contributed by atoms with van der Waals surface area (Å²) in [5.74, 6) is -5.42. The Kier molecular flexibility index (Phi) is 9.73. The van der Waals surface area contributed by atoms with Gasteiger partial charge in [0.25, 0.3) is 5.91 Å². The van der Waals surface area contributed by atoms with E-state index in [4.69, 9.17) is 0 Å². The first-order chi connectivity index (χ1) is 15.2. The molecule has 0 aliphatic rings. The number of halogens is 6. The van der Waals surface area contributed by atoms with Crippen LogP contribution in [0.2, 0.25) is 0 Å². The van der Waals surface area contributed by atoms with Gasteiger partial charge >= 0.3 is 24.3 Å². The summed E-state index contributed by atoms with van der Waals surface area (Å²) in [4.78, 5) is 37.2. The van der Waals surface area contributed by atoms with Crippen LogP contribution >= 0.6 is 0 Å². The lowest BCUT2D eigenvalue weighted by Gasteiger charge is -2.31. The van der Waals surface area contributed by atoms with Gasteiger partial charge in [0, 0.05) is 17.5 Å². The average Bonchev–Trinajstić information content (AvgIpc) is 2.74. The Labute approximate surface area is 186 Å². The van der Waals surface area contributed by atoms with Gasteiger partial charge in [0.05, 0.1) is 25.3 Å². The first kappa shape index (κ1) is 28.2. The van der Waals surface area contributed by atoms with Crippen LogP contribution in [0.15, 0.2) is 18.2 Å². The molecule has 186 valence electrons. The van der Waals surface area contributed by atoms with Crippen LogP contribution in [-0.4, -0.2) is 38.1 Å². The molecule has 0 bridgehead atoms. The molecule has 1 N–H and O–H groups in total. The van der Waals surface area contributed by atoms with E-state index in [1.54, 1.807) is 13.8 Å². The van der Waals surface area contributed by atoms with Gasteiger partial charge < -0.3 is 14.8 Å². The first-order valence-electron chi connectivity index (χ1n) is 9.97. The van der Waals surface area contributed by atoms with Crippen LogP contribution in [0.5, 0.6) is 0 Å². The van der Waals surface area contributed by atoms with Crippen molar-refractivity contribution >= 4 is 17.8 Å². The predicted octanol–water partition coefficient (Wildman–Crippen LogP) is 4.61. The van der Waals surface area contributed by atoms with E-state index in [0.717, 1.165) is 14.2 Å². The van der Waals surface area contributed by atoms with Gasteiger partial charge in [-0.15, -0.1) is 0 Å². The number of esters is 2. The van der Waals surface area contributed by atoms with Gasteiger partial charge in [-0.25, -0.2) is 0 Å². The van der Waals surface area contributed by atoms with Crippen LogP contribution in [0.4, 0.5) is 26.3 Å². The largest absolute Gasteiger partial charge is 0.468 e. The zero-order chi connectivity index (χ0) is 25.6. The number of benzene rings is 1. The number of alkyl halides is 6. The Morgan fingerprint density at radius 1 is 0.879 bits per heavy atom. The minimum atomic E-state index is -5.12. The van der Waals surface area contributed by atoms with Crippen molar-refractivity contribution in [2.45, 2.75) is 51.5 Å². The topological polar surface area (TPSA) is 81.7 Å². The second-order valence-corrected chi connectivity index (χ2v) is 7.26. The zero-order valence-electron chi connectivity index (χ0n) is 18.4. The monoisotopic (exact) mass is 485 g/mol. The third-order valence-electron chi connectivity index (χ3n) is 5.08. The second-order valence-electron chi connectivity index (χ2n) is 7.26. The first-order valence-corrected chi connectivity index (χ1v) is 9.97. The standard InChI is InChI=1S/C21H25F6NO5/c1-5-7-14(16(18(30)32-3)19(31)33-4)15(6-2)28-17(29)11-8-12(20(22,23)24)10-13(9-11)21(25,26)27/h8-10,14-16H,5-7H2,1-4H3,(H,28,29)/t14-,15-/m0/s1. The van der Waals surface area contributed by atoms with E-state index < -0.39 is 64.8 Å². The van der Waals surface area contributed by atoms with E-state index in [-0.39, 0.29) is 18.9 Å². The maximum atomic E-state index is 13.1. The summed E-state index contributed by atoms with van der Waals surface area (Å²) in [6.45, 7) is 3.31. The Balaban J connectivity index is 3.42. The second kappa shape index (κ2) is 11.4. The number of carbonyl (C=O) groups excluding carboxylic acids is 3. The molecular formula is C21H25F6NO5. The van der Waals surface area contributed by atoms with Crippen molar-refractivity contribution in [3.63, 3.8) is 0 Å². The summed E-state index contributed by atoms with van der Waals surface area (Å²) in [6.07, 6.45) is -9.46. The molecule has 33 heavy (non-hydrogen) atoms. The maximum Gasteiger partial charge on any atom is 0.416 e. The quantitative estimate of drug-likeness (QED) is 0.314. The highest BCUT2D eigenvalue weighted by Crippen LogP contribution is 2.36. The number of methoxy groups -OCH3 is 2. The minimum Gasteiger partial charge on any atom is -0.468 e. The average molecular weight is 485 g/mol. The lowest BCUT2D eigenvalue weighted by atomic mass is 9.81. The van der Waals surface area contributed by atoms with Crippen molar-refractivity contribution in [2.75, 3.05) is 14.2 Å². The fourth-order valence-electron chi connectivity index (χ4n) is 3.48. The molecule has 1 aromatic rings. The number of ether oxygens (including phenoxy) is 2. The molecule has 1 aromatic carbocycles. The van der Waals surface area contributed by atoms with Gasteiger partial charge in [0.15, 0.2) is 5.92 Å². The van der Waals surface area contributed by atoms with Gasteiger partial charge in [-0.2, -0.15) is 26.3 Å². The molecule has 6 nitrogen and oxygen atoms in total. The molecule has 0 aliphatic carbocycles. The van der Waals surface area contributed by atoms with Crippen molar-refractivity contribution in [1.29, 1.82) is 0 Å². The third-order valence-corrected chi connectivity index (χ3v) is 5.08. The molecule has 0 heterocycles. The molecule has 0 saturated carbocycles. The molecule has 0 aromatic heterocycles. The third kappa shape index (κ3) is 7.36. The molecular weight excluding hydrogens is 460 g/mol. The number of nitrogens with one attached hydrogen (secondary N) is 1. The van der Waals surface area contributed by atoms with Gasteiger partial charge in [-0.3, -0.25) is 14.4 Å². The lowest BCUT2D eigenvalue weighted by molar-refractivity contribution is -0.162. The smallest absolute Gasteiger partial charge is 0.416 e. The van der Waals surface area contributed by atoms with E-state index >= 15 is 0 Å². The number of rotatable bonds is 9.